The van der Waals surface area contributed by atoms with Crippen LogP contribution in [-0.2, 0) is 0 Å². The lowest BCUT2D eigenvalue weighted by atomic mass is 9.96. The minimum atomic E-state index is -0.928. The van der Waals surface area contributed by atoms with E-state index in [0.717, 1.165) is 34.0 Å². The third-order valence-electron chi connectivity index (χ3n) is 5.72. The first-order chi connectivity index (χ1) is 12.6. The van der Waals surface area contributed by atoms with Gasteiger partial charge in [0.2, 0.25) is 0 Å². The third-order valence-corrected chi connectivity index (χ3v) is 6.89. The van der Waals surface area contributed by atoms with Crippen molar-refractivity contribution in [1.82, 2.24) is 5.32 Å². The summed E-state index contributed by atoms with van der Waals surface area (Å²) in [4.78, 5) is 15.4. The van der Waals surface area contributed by atoms with Gasteiger partial charge in [-0.1, -0.05) is 17.8 Å². The zero-order chi connectivity index (χ0) is 17.8. The van der Waals surface area contributed by atoms with Crippen molar-refractivity contribution in [1.29, 1.82) is 0 Å². The lowest BCUT2D eigenvalue weighted by Gasteiger charge is -2.42. The van der Waals surface area contributed by atoms with Gasteiger partial charge in [0, 0.05) is 23.0 Å². The summed E-state index contributed by atoms with van der Waals surface area (Å²) in [5, 5.41) is 23.4. The number of anilines is 2. The molecule has 2 bridgehead atoms. The maximum atomic E-state index is 11.4. The third kappa shape index (κ3) is 2.47. The molecule has 26 heavy (non-hydrogen) atoms. The molecule has 134 valence electrons. The smallest absolute Gasteiger partial charge is 0.335 e. The zero-order valence-electron chi connectivity index (χ0n) is 14.2. The van der Waals surface area contributed by atoms with Crippen molar-refractivity contribution >= 4 is 29.1 Å². The Morgan fingerprint density at radius 2 is 1.88 bits per heavy atom. The number of rotatable bonds is 2. The monoisotopic (exact) mass is 368 g/mol. The van der Waals surface area contributed by atoms with Crippen LogP contribution in [0.4, 0.5) is 11.4 Å². The minimum Gasteiger partial charge on any atom is -0.507 e. The van der Waals surface area contributed by atoms with Crippen LogP contribution in [0.5, 0.6) is 5.75 Å². The summed E-state index contributed by atoms with van der Waals surface area (Å²) in [5.41, 5.74) is 2.35. The number of piperidine rings is 1. The predicted molar refractivity (Wildman–Crippen MR) is 101 cm³/mol. The molecule has 2 unspecified atom stereocenters. The van der Waals surface area contributed by atoms with Gasteiger partial charge in [0.15, 0.2) is 0 Å². The first-order valence-corrected chi connectivity index (χ1v) is 9.84. The second-order valence-corrected chi connectivity index (χ2v) is 8.40. The van der Waals surface area contributed by atoms with E-state index in [2.05, 4.69) is 16.3 Å². The Hall–Kier alpha value is -2.18. The number of phenols is 1. The Labute approximate surface area is 156 Å². The fourth-order valence-electron chi connectivity index (χ4n) is 4.61. The standard InChI is InChI=1S/C20H20N2O3S/c23-17-3-1-2-16-19(17)26-18-8-11(20(24)25)4-7-15(18)22(16)14-9-12-5-6-13(10-14)21-12/h1-4,7-8,12-14,21,23H,5-6,9-10H2,(H,24,25). The molecule has 0 amide bonds. The molecule has 2 fully saturated rings. The van der Waals surface area contributed by atoms with Gasteiger partial charge in [-0.25, -0.2) is 4.79 Å². The van der Waals surface area contributed by atoms with Gasteiger partial charge in [-0.05, 0) is 56.0 Å². The van der Waals surface area contributed by atoms with Crippen LogP contribution >= 0.6 is 11.8 Å². The number of hydrogen-bond donors (Lipinski definition) is 3. The topological polar surface area (TPSA) is 72.8 Å². The average Bonchev–Trinajstić information content (AvgIpc) is 2.97. The molecule has 0 saturated carbocycles. The van der Waals surface area contributed by atoms with Crippen LogP contribution < -0.4 is 10.2 Å². The first-order valence-electron chi connectivity index (χ1n) is 9.02. The van der Waals surface area contributed by atoms with Gasteiger partial charge in [-0.3, -0.25) is 0 Å². The molecule has 3 aliphatic heterocycles. The van der Waals surface area contributed by atoms with Crippen molar-refractivity contribution in [3.8, 4) is 5.75 Å². The predicted octanol–water partition coefficient (Wildman–Crippen LogP) is 3.98. The Morgan fingerprint density at radius 3 is 2.62 bits per heavy atom. The highest BCUT2D eigenvalue weighted by Crippen LogP contribution is 2.53. The number of aromatic hydroxyl groups is 1. The molecule has 5 rings (SSSR count). The van der Waals surface area contributed by atoms with E-state index < -0.39 is 5.97 Å². The number of aromatic carboxylic acids is 1. The largest absolute Gasteiger partial charge is 0.507 e. The summed E-state index contributed by atoms with van der Waals surface area (Å²) >= 11 is 1.46. The van der Waals surface area contributed by atoms with Gasteiger partial charge >= 0.3 is 5.97 Å². The molecule has 0 aliphatic carbocycles. The second kappa shape index (κ2) is 5.93. The molecular weight excluding hydrogens is 348 g/mol. The molecule has 3 N–H and O–H groups in total. The summed E-state index contributed by atoms with van der Waals surface area (Å²) in [7, 11) is 0. The molecular formula is C20H20N2O3S. The number of hydrogen-bond acceptors (Lipinski definition) is 5. The van der Waals surface area contributed by atoms with E-state index >= 15 is 0 Å². The molecule has 3 aliphatic rings. The molecule has 2 aromatic rings. The molecule has 2 atom stereocenters. The maximum absolute atomic E-state index is 11.4. The SMILES string of the molecule is O=C(O)c1ccc2c(c1)Sc1c(O)cccc1N2C1CC2CCC(C1)N2. The van der Waals surface area contributed by atoms with Crippen molar-refractivity contribution in [2.24, 2.45) is 0 Å². The summed E-state index contributed by atoms with van der Waals surface area (Å²) in [6.07, 6.45) is 4.58. The van der Waals surface area contributed by atoms with E-state index in [0.29, 0.717) is 18.1 Å². The van der Waals surface area contributed by atoms with Gasteiger partial charge in [0.25, 0.3) is 0 Å². The van der Waals surface area contributed by atoms with E-state index in [4.69, 9.17) is 0 Å². The number of carbonyl (C=O) groups is 1. The Bertz CT molecular complexity index is 889. The fourth-order valence-corrected chi connectivity index (χ4v) is 5.73. The summed E-state index contributed by atoms with van der Waals surface area (Å²) < 4.78 is 0. The molecule has 0 spiro atoms. The number of carboxylic acid groups (broad SMARTS) is 1. The van der Waals surface area contributed by atoms with Crippen molar-refractivity contribution < 1.29 is 15.0 Å². The van der Waals surface area contributed by atoms with E-state index in [1.54, 1.807) is 18.2 Å². The molecule has 0 radical (unpaired) electrons. The fraction of sp³-hybridized carbons (Fsp3) is 0.350. The first kappa shape index (κ1) is 16.0. The Balaban J connectivity index is 1.64. The van der Waals surface area contributed by atoms with Crippen molar-refractivity contribution in [3.63, 3.8) is 0 Å². The molecule has 6 heteroatoms. The number of carboxylic acids is 1. The molecule has 3 heterocycles. The highest BCUT2D eigenvalue weighted by atomic mass is 32.2. The maximum Gasteiger partial charge on any atom is 0.335 e. The highest BCUT2D eigenvalue weighted by molar-refractivity contribution is 7.99. The van der Waals surface area contributed by atoms with Crippen LogP contribution in [0.3, 0.4) is 0 Å². The van der Waals surface area contributed by atoms with Crippen LogP contribution in [0, 0.1) is 0 Å². The number of nitrogens with one attached hydrogen (secondary N) is 1. The Morgan fingerprint density at radius 1 is 1.12 bits per heavy atom. The van der Waals surface area contributed by atoms with Crippen LogP contribution in [0.1, 0.15) is 36.0 Å². The number of fused-ring (bicyclic) bond motifs is 4. The zero-order valence-corrected chi connectivity index (χ0v) is 15.0. The van der Waals surface area contributed by atoms with E-state index in [1.807, 2.05) is 12.1 Å². The van der Waals surface area contributed by atoms with E-state index in [9.17, 15) is 15.0 Å². The average molecular weight is 368 g/mol. The van der Waals surface area contributed by atoms with Gasteiger partial charge in [-0.15, -0.1) is 0 Å². The second-order valence-electron chi connectivity index (χ2n) is 7.35. The normalized spacial score (nSPS) is 26.3. The highest BCUT2D eigenvalue weighted by Gasteiger charge is 2.39. The van der Waals surface area contributed by atoms with Crippen molar-refractivity contribution in [2.75, 3.05) is 4.90 Å². The van der Waals surface area contributed by atoms with Crippen LogP contribution in [-0.4, -0.2) is 34.3 Å². The number of phenolic OH excluding ortho intramolecular Hbond substituents is 1. The lowest BCUT2D eigenvalue weighted by molar-refractivity contribution is 0.0696. The van der Waals surface area contributed by atoms with Crippen LogP contribution in [0.25, 0.3) is 0 Å². The summed E-state index contributed by atoms with van der Waals surface area (Å²) in [6.45, 7) is 0. The molecule has 0 aromatic heterocycles. The minimum absolute atomic E-state index is 0.251. The van der Waals surface area contributed by atoms with Crippen molar-refractivity contribution in [2.45, 2.75) is 53.6 Å². The van der Waals surface area contributed by atoms with Gasteiger partial charge < -0.3 is 20.4 Å². The number of benzene rings is 2. The number of nitrogens with zero attached hydrogens (tertiary/aromatic N) is 1. The van der Waals surface area contributed by atoms with Gasteiger partial charge in [0.05, 0.1) is 21.8 Å². The summed E-state index contributed by atoms with van der Waals surface area (Å²) in [6, 6.07) is 12.4. The quantitative estimate of drug-likeness (QED) is 0.745. The van der Waals surface area contributed by atoms with Gasteiger partial charge in [0.1, 0.15) is 5.75 Å². The molecule has 5 nitrogen and oxygen atoms in total. The van der Waals surface area contributed by atoms with E-state index in [1.165, 1.54) is 24.6 Å². The van der Waals surface area contributed by atoms with Gasteiger partial charge in [-0.2, -0.15) is 0 Å². The summed E-state index contributed by atoms with van der Waals surface area (Å²) in [5.74, 6) is -0.677. The van der Waals surface area contributed by atoms with Crippen LogP contribution in [0.2, 0.25) is 0 Å². The molecule has 2 saturated heterocycles. The van der Waals surface area contributed by atoms with E-state index in [-0.39, 0.29) is 11.3 Å². The lowest BCUT2D eigenvalue weighted by Crippen LogP contribution is -2.47. The Kier molecular flexibility index (Phi) is 3.65. The van der Waals surface area contributed by atoms with Crippen molar-refractivity contribution in [3.05, 3.63) is 42.0 Å². The molecule has 2 aromatic carbocycles. The van der Waals surface area contributed by atoms with Crippen LogP contribution in [0.15, 0.2) is 46.2 Å².